The highest BCUT2D eigenvalue weighted by Crippen LogP contribution is 2.38. The van der Waals surface area contributed by atoms with Gasteiger partial charge in [-0.25, -0.2) is 9.48 Å². The Balaban J connectivity index is 1.59. The van der Waals surface area contributed by atoms with Crippen LogP contribution in [0.25, 0.3) is 6.08 Å². The van der Waals surface area contributed by atoms with Gasteiger partial charge < -0.3 is 24.8 Å². The first-order valence-electron chi connectivity index (χ1n) is 14.7. The fourth-order valence-corrected chi connectivity index (χ4v) is 5.88. The van der Waals surface area contributed by atoms with Crippen LogP contribution in [-0.2, 0) is 25.5 Å². The molecule has 0 saturated carbocycles. The van der Waals surface area contributed by atoms with Crippen molar-refractivity contribution in [3.05, 3.63) is 70.1 Å². The molecule has 1 saturated heterocycles. The van der Waals surface area contributed by atoms with Gasteiger partial charge in [0.1, 0.15) is 0 Å². The summed E-state index contributed by atoms with van der Waals surface area (Å²) < 4.78 is 14.7. The Hall–Kier alpha value is -3.32. The summed E-state index contributed by atoms with van der Waals surface area (Å²) in [5.74, 6) is -1.76. The van der Waals surface area contributed by atoms with Gasteiger partial charge in [0.25, 0.3) is 5.91 Å². The smallest absolute Gasteiger partial charge is 0.354 e. The number of hydrogen-bond donors (Lipinski definition) is 2. The quantitative estimate of drug-likeness (QED) is 0.311. The molecule has 4 rings (SSSR count). The third-order valence-corrected chi connectivity index (χ3v) is 8.12. The molecule has 2 atom stereocenters. The van der Waals surface area contributed by atoms with E-state index in [1.54, 1.807) is 27.8 Å². The number of fused-ring (bicyclic) bond motifs is 1. The van der Waals surface area contributed by atoms with Gasteiger partial charge in [0.15, 0.2) is 17.8 Å². The maximum absolute atomic E-state index is 13.2. The van der Waals surface area contributed by atoms with Crippen LogP contribution >= 0.6 is 15.9 Å². The van der Waals surface area contributed by atoms with Gasteiger partial charge in [-0.3, -0.25) is 14.5 Å². The van der Waals surface area contributed by atoms with Gasteiger partial charge in [-0.2, -0.15) is 5.10 Å². The van der Waals surface area contributed by atoms with Crippen LogP contribution in [0.2, 0.25) is 0 Å². The fraction of sp³-hybridized carbons (Fsp3) is 0.500. The highest BCUT2D eigenvalue weighted by Gasteiger charge is 2.44. The van der Waals surface area contributed by atoms with Crippen LogP contribution in [0.3, 0.4) is 0 Å². The number of carboxylic acid groups (broad SMARTS) is 1. The Kier molecular flexibility index (Phi) is 10.5. The van der Waals surface area contributed by atoms with Gasteiger partial charge in [-0.05, 0) is 77.3 Å². The lowest BCUT2D eigenvalue weighted by molar-refractivity contribution is -0.201. The monoisotopic (exact) mass is 671 g/mol. The molecule has 0 bridgehead atoms. The van der Waals surface area contributed by atoms with E-state index < -0.39 is 30.0 Å². The molecule has 2 aliphatic rings. The number of nitrogens with one attached hydrogen (secondary N) is 1. The summed E-state index contributed by atoms with van der Waals surface area (Å²) in [6, 6.07) is 9.12. The number of hydrogen-bond acceptors (Lipinski definition) is 8. The molecule has 1 aromatic heterocycles. The van der Waals surface area contributed by atoms with E-state index in [1.165, 1.54) is 0 Å². The number of Topliss-reactive ketones (excluding diaryl/α,β-unsaturated/α-hetero) is 1. The molecule has 2 aromatic rings. The fourth-order valence-electron chi connectivity index (χ4n) is 5.44. The van der Waals surface area contributed by atoms with Gasteiger partial charge in [0.05, 0.1) is 30.0 Å². The molecule has 2 aliphatic heterocycles. The van der Waals surface area contributed by atoms with Crippen molar-refractivity contribution in [2.24, 2.45) is 0 Å². The minimum Gasteiger partial charge on any atom is -0.478 e. The van der Waals surface area contributed by atoms with E-state index in [2.05, 4.69) is 44.7 Å². The molecular formula is C32H42BrN5O6. The van der Waals surface area contributed by atoms with Crippen molar-refractivity contribution in [2.45, 2.75) is 77.6 Å². The highest BCUT2D eigenvalue weighted by atomic mass is 79.9. The number of aliphatic carboxylic acids is 1. The number of ether oxygens (including phenoxy) is 2. The van der Waals surface area contributed by atoms with Crippen LogP contribution in [0.1, 0.15) is 75.5 Å². The zero-order valence-corrected chi connectivity index (χ0v) is 27.6. The molecule has 1 aromatic carbocycles. The van der Waals surface area contributed by atoms with Crippen molar-refractivity contribution in [3.8, 4) is 0 Å². The van der Waals surface area contributed by atoms with E-state index in [1.807, 2.05) is 52.0 Å². The summed E-state index contributed by atoms with van der Waals surface area (Å²) in [6.45, 7) is 14.6. The van der Waals surface area contributed by atoms with Crippen LogP contribution in [0.15, 0.2) is 53.2 Å². The Morgan fingerprint density at radius 2 is 1.95 bits per heavy atom. The number of piperidine rings is 1. The summed E-state index contributed by atoms with van der Waals surface area (Å²) >= 11 is 3.41. The number of ketones is 1. The number of carbonyl (C=O) groups excluding carboxylic acids is 2. The van der Waals surface area contributed by atoms with Crippen molar-refractivity contribution in [2.75, 3.05) is 26.2 Å². The van der Waals surface area contributed by atoms with Crippen LogP contribution < -0.4 is 5.32 Å². The van der Waals surface area contributed by atoms with E-state index in [0.717, 1.165) is 10.0 Å². The molecule has 3 heterocycles. The zero-order valence-electron chi connectivity index (χ0n) is 26.0. The second-order valence-corrected chi connectivity index (χ2v) is 13.4. The molecule has 0 aliphatic carbocycles. The summed E-state index contributed by atoms with van der Waals surface area (Å²) in [5, 5.41) is 17.7. The molecule has 11 nitrogen and oxygen atoms in total. The Morgan fingerprint density at radius 3 is 2.57 bits per heavy atom. The summed E-state index contributed by atoms with van der Waals surface area (Å²) in [6.07, 6.45) is 3.13. The maximum Gasteiger partial charge on any atom is 0.354 e. The number of rotatable bonds is 12. The normalized spacial score (nSPS) is 19.1. The molecule has 2 unspecified atom stereocenters. The minimum atomic E-state index is -1.31. The first kappa shape index (κ1) is 33.6. The number of carboxylic acids is 1. The van der Waals surface area contributed by atoms with Gasteiger partial charge in [0, 0.05) is 29.7 Å². The van der Waals surface area contributed by atoms with Crippen molar-refractivity contribution in [1.29, 1.82) is 0 Å². The molecule has 2 N–H and O–H groups in total. The Bertz CT molecular complexity index is 1420. The average molecular weight is 673 g/mol. The lowest BCUT2D eigenvalue weighted by Crippen LogP contribution is -2.57. The average Bonchev–Trinajstić information content (AvgIpc) is 3.37. The van der Waals surface area contributed by atoms with E-state index >= 15 is 0 Å². The number of likely N-dealkylation sites (tertiary alicyclic amines) is 1. The number of allylic oxidation sites excluding steroid dienone is 1. The third kappa shape index (κ3) is 8.23. The number of halogens is 1. The Labute approximate surface area is 267 Å². The maximum atomic E-state index is 13.2. The summed E-state index contributed by atoms with van der Waals surface area (Å²) in [5.41, 5.74) is 1.19. The van der Waals surface area contributed by atoms with E-state index in [-0.39, 0.29) is 30.0 Å². The molecule has 0 radical (unpaired) electrons. The molecular weight excluding hydrogens is 630 g/mol. The first-order chi connectivity index (χ1) is 20.7. The number of aromatic nitrogens is 2. The molecule has 1 fully saturated rings. The van der Waals surface area contributed by atoms with Crippen LogP contribution in [-0.4, -0.2) is 86.0 Å². The van der Waals surface area contributed by atoms with Crippen LogP contribution in [0.4, 0.5) is 0 Å². The number of amides is 1. The van der Waals surface area contributed by atoms with Crippen molar-refractivity contribution in [1.82, 2.24) is 24.9 Å². The lowest BCUT2D eigenvalue weighted by Gasteiger charge is -2.49. The third-order valence-electron chi connectivity index (χ3n) is 7.63. The molecule has 238 valence electrons. The number of nitrogens with zero attached hydrogens (tertiary/aromatic N) is 4. The van der Waals surface area contributed by atoms with Gasteiger partial charge in [-0.15, -0.1) is 6.58 Å². The molecule has 1 amide bonds. The second-order valence-electron chi connectivity index (χ2n) is 12.5. The number of carbonyl (C=O) groups is 3. The minimum absolute atomic E-state index is 0.130. The standard InChI is InChI=1S/C32H42BrN5O6/c1-7-15-43-32(6)11-13-36(14-12-32)30-37(28(29(41)42)44-31(3,4)5)21(2)16-24-19-26(35-38(24)30)27(40)34-20-25(39)18-22-9-8-10-23(33)17-22/h7-10,16-17,19,28,30H,1,11-15,18,20H2,2-6H3,(H,34,40)(H,41,42). The van der Waals surface area contributed by atoms with E-state index in [9.17, 15) is 19.5 Å². The predicted octanol–water partition coefficient (Wildman–Crippen LogP) is 4.60. The molecule has 44 heavy (non-hydrogen) atoms. The van der Waals surface area contributed by atoms with Crippen molar-refractivity contribution in [3.63, 3.8) is 0 Å². The Morgan fingerprint density at radius 1 is 1.25 bits per heavy atom. The van der Waals surface area contributed by atoms with Crippen LogP contribution in [0.5, 0.6) is 0 Å². The van der Waals surface area contributed by atoms with Gasteiger partial charge in [-0.1, -0.05) is 34.1 Å². The predicted molar refractivity (Wildman–Crippen MR) is 170 cm³/mol. The highest BCUT2D eigenvalue weighted by molar-refractivity contribution is 9.10. The van der Waals surface area contributed by atoms with Crippen LogP contribution in [0, 0.1) is 0 Å². The molecule has 0 spiro atoms. The van der Waals surface area contributed by atoms with Crippen molar-refractivity contribution >= 4 is 39.7 Å². The largest absolute Gasteiger partial charge is 0.478 e. The zero-order chi connectivity index (χ0) is 32.2. The second kappa shape index (κ2) is 13.8. The van der Waals surface area contributed by atoms with Crippen molar-refractivity contribution < 1.29 is 29.0 Å². The first-order valence-corrected chi connectivity index (χ1v) is 15.5. The summed E-state index contributed by atoms with van der Waals surface area (Å²) in [4.78, 5) is 42.3. The SMILES string of the molecule is C=CCOC1(C)CCN(C2N(C(OC(C)(C)C)C(=O)O)C(C)=Cc3cc(C(=O)NCC(=O)Cc4cccc(Br)c4)nn32)CC1. The topological polar surface area (TPSA) is 126 Å². The van der Waals surface area contributed by atoms with E-state index in [0.29, 0.717) is 43.9 Å². The molecule has 12 heteroatoms. The lowest BCUT2D eigenvalue weighted by atomic mass is 9.93. The van der Waals surface area contributed by atoms with Gasteiger partial charge >= 0.3 is 5.97 Å². The number of benzene rings is 1. The van der Waals surface area contributed by atoms with Gasteiger partial charge in [0.2, 0.25) is 6.23 Å². The van der Waals surface area contributed by atoms with E-state index in [4.69, 9.17) is 9.47 Å². The summed E-state index contributed by atoms with van der Waals surface area (Å²) in [7, 11) is 0.